The number of esters is 5. The van der Waals surface area contributed by atoms with Gasteiger partial charge in [0.05, 0.1) is 5.56 Å². The predicted molar refractivity (Wildman–Crippen MR) is 179 cm³/mol. The van der Waals surface area contributed by atoms with E-state index in [1.165, 1.54) is 26.8 Å². The fourth-order valence-electron chi connectivity index (χ4n) is 7.21. The number of carbonyl (C=O) groups excluding carboxylic acids is 5. The number of carbonyl (C=O) groups is 5. The van der Waals surface area contributed by atoms with Crippen molar-refractivity contribution in [2.24, 2.45) is 17.3 Å². The van der Waals surface area contributed by atoms with Gasteiger partial charge >= 0.3 is 29.8 Å². The maximum atomic E-state index is 13.6. The minimum atomic E-state index is -2.32. The van der Waals surface area contributed by atoms with Crippen molar-refractivity contribution in [1.82, 2.24) is 0 Å². The summed E-state index contributed by atoms with van der Waals surface area (Å²) in [5.74, 6) is -7.08. The molecule has 4 rings (SSSR count). The highest BCUT2D eigenvalue weighted by atomic mass is 16.7. The van der Waals surface area contributed by atoms with Crippen LogP contribution in [-0.2, 0) is 47.6 Å². The summed E-state index contributed by atoms with van der Waals surface area (Å²) in [7, 11) is 0. The molecule has 1 saturated heterocycles. The van der Waals surface area contributed by atoms with Gasteiger partial charge in [0.2, 0.25) is 5.79 Å². The van der Waals surface area contributed by atoms with Crippen LogP contribution in [0.5, 0.6) is 0 Å². The first-order valence-corrected chi connectivity index (χ1v) is 16.7. The van der Waals surface area contributed by atoms with Gasteiger partial charge in [0.15, 0.2) is 23.9 Å². The van der Waals surface area contributed by atoms with E-state index in [2.05, 4.69) is 0 Å². The van der Waals surface area contributed by atoms with E-state index in [4.69, 9.17) is 28.4 Å². The second-order valence-electron chi connectivity index (χ2n) is 14.2. The molecular weight excluding hydrogens is 648 g/mol. The number of hydrogen-bond acceptors (Lipinski definition) is 12. The Morgan fingerprint density at radius 3 is 2.00 bits per heavy atom. The van der Waals surface area contributed by atoms with Crippen molar-refractivity contribution in [2.75, 3.05) is 0 Å². The molecule has 1 saturated carbocycles. The van der Waals surface area contributed by atoms with Gasteiger partial charge in [-0.25, -0.2) is 9.59 Å². The van der Waals surface area contributed by atoms with E-state index in [1.807, 2.05) is 0 Å². The lowest BCUT2D eigenvalue weighted by Crippen LogP contribution is -2.56. The number of aliphatic hydroxyl groups is 1. The van der Waals surface area contributed by atoms with Crippen LogP contribution in [0.1, 0.15) is 86.0 Å². The Morgan fingerprint density at radius 2 is 1.44 bits per heavy atom. The van der Waals surface area contributed by atoms with Crippen molar-refractivity contribution < 1.29 is 57.5 Å². The lowest BCUT2D eigenvalue weighted by atomic mass is 9.75. The molecule has 2 heterocycles. The topological polar surface area (TPSA) is 161 Å². The third-order valence-corrected chi connectivity index (χ3v) is 9.80. The van der Waals surface area contributed by atoms with Crippen LogP contribution in [-0.4, -0.2) is 76.4 Å². The molecule has 1 aliphatic carbocycles. The molecule has 0 radical (unpaired) electrons. The Hall–Kier alpha value is -4.29. The normalized spacial score (nSPS) is 36.4. The molecule has 0 spiro atoms. The number of fused-ring (bicyclic) bond motifs is 3. The van der Waals surface area contributed by atoms with E-state index in [1.54, 1.807) is 90.1 Å². The molecular formula is C38H48O12. The van der Waals surface area contributed by atoms with Crippen molar-refractivity contribution in [2.45, 2.75) is 117 Å². The van der Waals surface area contributed by atoms with Crippen molar-refractivity contribution in [3.63, 3.8) is 0 Å². The predicted octanol–water partition coefficient (Wildman–Crippen LogP) is 4.93. The average molecular weight is 697 g/mol. The lowest BCUT2D eigenvalue weighted by Gasteiger charge is -2.41. The first kappa shape index (κ1) is 38.5. The zero-order chi connectivity index (χ0) is 37.4. The number of benzene rings is 1. The summed E-state index contributed by atoms with van der Waals surface area (Å²) in [6.45, 7) is 15.2. The van der Waals surface area contributed by atoms with E-state index in [-0.39, 0.29) is 23.1 Å². The van der Waals surface area contributed by atoms with E-state index in [9.17, 15) is 29.1 Å². The number of rotatable bonds is 7. The molecule has 0 unspecified atom stereocenters. The molecule has 3 aliphatic rings. The van der Waals surface area contributed by atoms with E-state index < -0.39 is 88.5 Å². The molecule has 272 valence electrons. The third-order valence-electron chi connectivity index (χ3n) is 9.80. The number of ether oxygens (including phenoxy) is 6. The van der Waals surface area contributed by atoms with E-state index in [0.717, 1.165) is 6.92 Å². The molecule has 0 aromatic heterocycles. The summed E-state index contributed by atoms with van der Waals surface area (Å²) >= 11 is 0. The Kier molecular flexibility index (Phi) is 10.9. The van der Waals surface area contributed by atoms with E-state index >= 15 is 0 Å². The van der Waals surface area contributed by atoms with Crippen LogP contribution in [0, 0.1) is 17.3 Å². The first-order chi connectivity index (χ1) is 23.2. The molecule has 9 atom stereocenters. The van der Waals surface area contributed by atoms with Gasteiger partial charge in [-0.05, 0) is 39.0 Å². The van der Waals surface area contributed by atoms with Crippen molar-refractivity contribution in [3.8, 4) is 0 Å². The van der Waals surface area contributed by atoms with Crippen molar-refractivity contribution in [3.05, 3.63) is 71.3 Å². The zero-order valence-electron chi connectivity index (χ0n) is 30.3. The molecule has 12 nitrogen and oxygen atoms in total. The highest BCUT2D eigenvalue weighted by Gasteiger charge is 2.70. The smallest absolute Gasteiger partial charge is 0.338 e. The quantitative estimate of drug-likeness (QED) is 0.177. The Labute approximate surface area is 292 Å². The Morgan fingerprint density at radius 1 is 0.840 bits per heavy atom. The summed E-state index contributed by atoms with van der Waals surface area (Å²) in [5, 5.41) is 12.5. The van der Waals surface area contributed by atoms with Gasteiger partial charge in [-0.2, -0.15) is 0 Å². The minimum absolute atomic E-state index is 0.0422. The van der Waals surface area contributed by atoms with Crippen LogP contribution in [0.4, 0.5) is 0 Å². The third kappa shape index (κ3) is 7.14. The lowest BCUT2D eigenvalue weighted by molar-refractivity contribution is -0.285. The summed E-state index contributed by atoms with van der Waals surface area (Å²) in [6.07, 6.45) is 1.08. The van der Waals surface area contributed by atoms with Gasteiger partial charge in [-0.1, -0.05) is 64.1 Å². The molecule has 2 bridgehead atoms. The van der Waals surface area contributed by atoms with Crippen molar-refractivity contribution >= 4 is 29.8 Å². The largest absolute Gasteiger partial charge is 0.457 e. The van der Waals surface area contributed by atoms with Crippen LogP contribution in [0.2, 0.25) is 0 Å². The van der Waals surface area contributed by atoms with Crippen LogP contribution in [0.15, 0.2) is 65.8 Å². The summed E-state index contributed by atoms with van der Waals surface area (Å²) in [4.78, 5) is 65.4. The van der Waals surface area contributed by atoms with E-state index in [0.29, 0.717) is 0 Å². The highest BCUT2D eigenvalue weighted by molar-refractivity contribution is 5.90. The van der Waals surface area contributed by atoms with Gasteiger partial charge in [-0.15, -0.1) is 0 Å². The first-order valence-electron chi connectivity index (χ1n) is 16.7. The molecule has 1 aromatic carbocycles. The van der Waals surface area contributed by atoms with Gasteiger partial charge in [0.1, 0.15) is 11.7 Å². The fraction of sp³-hybridized carbons (Fsp3) is 0.553. The average Bonchev–Trinajstić information content (AvgIpc) is 3.39. The molecule has 2 aliphatic heterocycles. The second-order valence-corrected chi connectivity index (χ2v) is 14.2. The van der Waals surface area contributed by atoms with Gasteiger partial charge in [0.25, 0.3) is 0 Å². The highest BCUT2D eigenvalue weighted by Crippen LogP contribution is 2.55. The minimum Gasteiger partial charge on any atom is -0.457 e. The van der Waals surface area contributed by atoms with Crippen LogP contribution < -0.4 is 0 Å². The summed E-state index contributed by atoms with van der Waals surface area (Å²) in [6, 6.07) is 8.31. The SMILES string of the molecule is C/C=C(\C)C(=O)O[C@@H]1[C@H](OC(C)=O)[C@@]2(O)O[C@]1(C)/C=C1\[C@@H](OC(=O)c3ccccc3)[C@@H](C)C[C@]1(OC(C)=O)[C@@H](OC(C)=O)[C@H](C)/C=C/C2(C)C. The monoisotopic (exact) mass is 696 g/mol. The Bertz CT molecular complexity index is 1610. The fourth-order valence-corrected chi connectivity index (χ4v) is 7.21. The Balaban J connectivity index is 2.11. The van der Waals surface area contributed by atoms with Crippen molar-refractivity contribution in [1.29, 1.82) is 0 Å². The van der Waals surface area contributed by atoms with Crippen LogP contribution in [0.25, 0.3) is 0 Å². The summed E-state index contributed by atoms with van der Waals surface area (Å²) in [5.41, 5.74) is -4.25. The molecule has 1 N–H and O–H groups in total. The molecule has 0 amide bonds. The molecule has 2 fully saturated rings. The summed E-state index contributed by atoms with van der Waals surface area (Å²) < 4.78 is 36.7. The maximum absolute atomic E-state index is 13.6. The number of allylic oxidation sites excluding steroid dienone is 1. The molecule has 50 heavy (non-hydrogen) atoms. The zero-order valence-corrected chi connectivity index (χ0v) is 30.3. The number of hydrogen-bond donors (Lipinski definition) is 1. The molecule has 1 aromatic rings. The molecule has 12 heteroatoms. The van der Waals surface area contributed by atoms with Crippen LogP contribution in [0.3, 0.4) is 0 Å². The van der Waals surface area contributed by atoms with Gasteiger partial charge in [0, 0.05) is 55.6 Å². The standard InChI is InChI=1S/C38H48O12/c1-11-21(2)33(42)48-31-32(46-25(6)40)38(44)35(8,9)18-17-22(3)30(45-24(5)39)37(49-26(7)41)19-23(4)29(28(37)20-36(31,10)50-38)47-34(43)27-15-13-12-14-16-27/h11-18,20,22-23,29-32,44H,19H2,1-10H3/b18-17+,21-11+,28-20+/t22-,23+,29+,30+,31-,32+,36-,37-,38-/m1/s1. The maximum Gasteiger partial charge on any atom is 0.338 e. The second kappa shape index (κ2) is 14.1. The van der Waals surface area contributed by atoms with Gasteiger partial charge in [-0.3, -0.25) is 14.4 Å². The van der Waals surface area contributed by atoms with Gasteiger partial charge < -0.3 is 33.5 Å². The van der Waals surface area contributed by atoms with Crippen LogP contribution >= 0.6 is 0 Å².